The van der Waals surface area contributed by atoms with Gasteiger partial charge in [0.25, 0.3) is 0 Å². The smallest absolute Gasteiger partial charge is 0.419 e. The maximum Gasteiger partial charge on any atom is 0.419 e. The van der Waals surface area contributed by atoms with Crippen LogP contribution in [0.3, 0.4) is 0 Å². The molecule has 8 heteroatoms. The van der Waals surface area contributed by atoms with E-state index in [4.69, 9.17) is 23.2 Å². The molecule has 0 N–H and O–H groups in total. The molecule has 1 aromatic carbocycles. The molecule has 0 atom stereocenters. The average Bonchev–Trinajstić information content (AvgIpc) is 2.07. The highest BCUT2D eigenvalue weighted by Gasteiger charge is 2.37. The summed E-state index contributed by atoms with van der Waals surface area (Å²) >= 11 is 10.6. The van der Waals surface area contributed by atoms with Crippen molar-refractivity contribution in [2.24, 2.45) is 0 Å². The average molecular weight is 281 g/mol. The summed E-state index contributed by atoms with van der Waals surface area (Å²) in [4.78, 5) is 0. The van der Waals surface area contributed by atoms with Gasteiger partial charge in [-0.05, 0) is 12.1 Å². The van der Waals surface area contributed by atoms with Crippen LogP contribution >= 0.6 is 23.2 Å². The molecule has 1 rings (SSSR count). The number of hydrogen-bond donors (Lipinski definition) is 0. The van der Waals surface area contributed by atoms with E-state index in [1.807, 2.05) is 0 Å². The summed E-state index contributed by atoms with van der Waals surface area (Å²) in [5, 5.41) is -1.67. The molecular formula is C8H3Cl2F5O. The number of hydrogen-bond acceptors (Lipinski definition) is 1. The van der Waals surface area contributed by atoms with Crippen molar-refractivity contribution in [2.45, 2.75) is 12.8 Å². The molecule has 0 saturated heterocycles. The summed E-state index contributed by atoms with van der Waals surface area (Å²) in [6.07, 6.45) is -4.84. The van der Waals surface area contributed by atoms with Crippen molar-refractivity contribution in [3.8, 4) is 5.75 Å². The molecule has 0 heterocycles. The second kappa shape index (κ2) is 4.63. The predicted molar refractivity (Wildman–Crippen MR) is 48.1 cm³/mol. The quantitative estimate of drug-likeness (QED) is 0.719. The zero-order valence-electron chi connectivity index (χ0n) is 7.29. The summed E-state index contributed by atoms with van der Waals surface area (Å²) in [6, 6.07) is 1.63. The van der Waals surface area contributed by atoms with Gasteiger partial charge in [-0.3, -0.25) is 0 Å². The van der Waals surface area contributed by atoms with Crippen molar-refractivity contribution < 1.29 is 26.7 Å². The zero-order chi connectivity index (χ0) is 12.5. The molecule has 16 heavy (non-hydrogen) atoms. The first kappa shape index (κ1) is 13.3. The van der Waals surface area contributed by atoms with Crippen LogP contribution in [0.15, 0.2) is 12.1 Å². The molecule has 0 aliphatic rings. The molecule has 0 saturated carbocycles. The molecule has 1 nitrogen and oxygen atoms in total. The Morgan fingerprint density at radius 3 is 2.12 bits per heavy atom. The fraction of sp³-hybridized carbons (Fsp3) is 0.250. The first-order chi connectivity index (χ1) is 7.23. The lowest BCUT2D eigenvalue weighted by atomic mass is 10.2. The monoisotopic (exact) mass is 280 g/mol. The van der Waals surface area contributed by atoms with Gasteiger partial charge in [0, 0.05) is 0 Å². The minimum Gasteiger partial charge on any atom is -0.433 e. The zero-order valence-corrected chi connectivity index (χ0v) is 8.80. The Morgan fingerprint density at radius 2 is 1.69 bits per heavy atom. The minimum absolute atomic E-state index is 0.681. The van der Waals surface area contributed by atoms with Crippen molar-refractivity contribution in [1.29, 1.82) is 0 Å². The van der Waals surface area contributed by atoms with E-state index in [1.54, 1.807) is 0 Å². The summed E-state index contributed by atoms with van der Waals surface area (Å²) < 4.78 is 64.7. The second-order valence-corrected chi connectivity index (χ2v) is 3.40. The van der Waals surface area contributed by atoms with Gasteiger partial charge >= 0.3 is 12.8 Å². The number of rotatable bonds is 2. The summed E-state index contributed by atoms with van der Waals surface area (Å²) in [7, 11) is 0. The predicted octanol–water partition coefficient (Wildman–Crippen LogP) is 4.61. The van der Waals surface area contributed by atoms with Crippen LogP contribution in [0.5, 0.6) is 5.75 Å². The molecule has 0 aliphatic heterocycles. The minimum atomic E-state index is -4.84. The molecule has 0 fully saturated rings. The Balaban J connectivity index is 3.28. The van der Waals surface area contributed by atoms with Crippen molar-refractivity contribution in [2.75, 3.05) is 0 Å². The van der Waals surface area contributed by atoms with Crippen LogP contribution in [0.2, 0.25) is 10.0 Å². The van der Waals surface area contributed by atoms with Crippen molar-refractivity contribution >= 4 is 23.2 Å². The molecule has 0 aliphatic carbocycles. The number of alkyl halides is 5. The Bertz CT molecular complexity index is 391. The molecule has 0 bridgehead atoms. The molecule has 90 valence electrons. The Labute approximate surface area is 96.7 Å². The van der Waals surface area contributed by atoms with E-state index in [1.165, 1.54) is 0 Å². The fourth-order valence-corrected chi connectivity index (χ4v) is 1.61. The second-order valence-electron chi connectivity index (χ2n) is 2.61. The van der Waals surface area contributed by atoms with Gasteiger partial charge in [-0.25, -0.2) is 0 Å². The number of halogens is 7. The van der Waals surface area contributed by atoms with Crippen LogP contribution in [-0.4, -0.2) is 6.61 Å². The Kier molecular flexibility index (Phi) is 3.85. The molecule has 0 spiro atoms. The summed E-state index contributed by atoms with van der Waals surface area (Å²) in [6.45, 7) is -3.26. The molecule has 0 radical (unpaired) electrons. The maximum atomic E-state index is 12.4. The van der Waals surface area contributed by atoms with Crippen LogP contribution in [-0.2, 0) is 6.18 Å². The fourth-order valence-electron chi connectivity index (χ4n) is 0.980. The lowest BCUT2D eigenvalue weighted by Gasteiger charge is -2.14. The standard InChI is InChI=1S/C8H3Cl2F5O/c9-3-1-2-4(16-7(11)12)6(10)5(3)8(13,14)15/h1-2,7H. The van der Waals surface area contributed by atoms with E-state index in [-0.39, 0.29) is 0 Å². The van der Waals surface area contributed by atoms with Gasteiger partial charge in [0.15, 0.2) is 0 Å². The lowest BCUT2D eigenvalue weighted by Crippen LogP contribution is -2.09. The first-order valence-corrected chi connectivity index (χ1v) is 4.49. The lowest BCUT2D eigenvalue weighted by molar-refractivity contribution is -0.137. The van der Waals surface area contributed by atoms with E-state index in [0.717, 1.165) is 12.1 Å². The SMILES string of the molecule is FC(F)Oc1ccc(Cl)c(C(F)(F)F)c1Cl. The Hall–Kier alpha value is -0.750. The summed E-state index contributed by atoms with van der Waals surface area (Å²) in [5.41, 5.74) is -1.39. The van der Waals surface area contributed by atoms with Gasteiger partial charge in [-0.1, -0.05) is 23.2 Å². The van der Waals surface area contributed by atoms with E-state index < -0.39 is 34.1 Å². The Morgan fingerprint density at radius 1 is 1.12 bits per heavy atom. The molecule has 0 aromatic heterocycles. The third-order valence-corrected chi connectivity index (χ3v) is 2.25. The van der Waals surface area contributed by atoms with Crippen LogP contribution in [0, 0.1) is 0 Å². The van der Waals surface area contributed by atoms with Crippen LogP contribution in [0.25, 0.3) is 0 Å². The topological polar surface area (TPSA) is 9.23 Å². The molecule has 1 aromatic rings. The van der Waals surface area contributed by atoms with Crippen LogP contribution in [0.4, 0.5) is 22.0 Å². The first-order valence-electron chi connectivity index (χ1n) is 3.73. The van der Waals surface area contributed by atoms with E-state index >= 15 is 0 Å². The van der Waals surface area contributed by atoms with Crippen molar-refractivity contribution in [3.63, 3.8) is 0 Å². The van der Waals surface area contributed by atoms with E-state index in [9.17, 15) is 22.0 Å². The van der Waals surface area contributed by atoms with Gasteiger partial charge in [0.05, 0.1) is 15.6 Å². The largest absolute Gasteiger partial charge is 0.433 e. The van der Waals surface area contributed by atoms with E-state index in [0.29, 0.717) is 0 Å². The highest BCUT2D eigenvalue weighted by molar-refractivity contribution is 6.37. The maximum absolute atomic E-state index is 12.4. The molecule has 0 amide bonds. The van der Waals surface area contributed by atoms with Gasteiger partial charge in [0.1, 0.15) is 5.75 Å². The van der Waals surface area contributed by atoms with Crippen LogP contribution in [0.1, 0.15) is 5.56 Å². The third-order valence-electron chi connectivity index (χ3n) is 1.56. The highest BCUT2D eigenvalue weighted by atomic mass is 35.5. The van der Waals surface area contributed by atoms with Crippen LogP contribution < -0.4 is 4.74 Å². The third kappa shape index (κ3) is 2.89. The van der Waals surface area contributed by atoms with Gasteiger partial charge in [-0.15, -0.1) is 0 Å². The molecular weight excluding hydrogens is 278 g/mol. The van der Waals surface area contributed by atoms with Crippen molar-refractivity contribution in [3.05, 3.63) is 27.7 Å². The summed E-state index contributed by atoms with van der Waals surface area (Å²) in [5.74, 6) is -0.770. The molecule has 0 unspecified atom stereocenters. The number of benzene rings is 1. The normalized spacial score (nSPS) is 12.0. The van der Waals surface area contributed by atoms with Gasteiger partial charge in [0.2, 0.25) is 0 Å². The van der Waals surface area contributed by atoms with Crippen molar-refractivity contribution in [1.82, 2.24) is 0 Å². The highest BCUT2D eigenvalue weighted by Crippen LogP contribution is 2.43. The number of ether oxygens (including phenoxy) is 1. The van der Waals surface area contributed by atoms with Gasteiger partial charge in [-0.2, -0.15) is 22.0 Å². The van der Waals surface area contributed by atoms with E-state index in [2.05, 4.69) is 4.74 Å². The van der Waals surface area contributed by atoms with Gasteiger partial charge < -0.3 is 4.74 Å².